The van der Waals surface area contributed by atoms with Crippen LogP contribution in [0.15, 0.2) is 279 Å². The van der Waals surface area contributed by atoms with Crippen molar-refractivity contribution in [2.24, 2.45) is 0 Å². The smallest absolute Gasteiger partial charge is 1.00 e. The summed E-state index contributed by atoms with van der Waals surface area (Å²) in [6.07, 6.45) is 0. The zero-order valence-electron chi connectivity index (χ0n) is 54.3. The van der Waals surface area contributed by atoms with E-state index in [1.807, 2.05) is 36.4 Å². The number of benzene rings is 11. The summed E-state index contributed by atoms with van der Waals surface area (Å²) < 4.78 is 22.5. The molecule has 464 valence electrons. The summed E-state index contributed by atoms with van der Waals surface area (Å²) in [7, 11) is -2.23. The molecule has 0 aliphatic heterocycles. The molecule has 0 atom stereocenters. The zero-order chi connectivity index (χ0) is 64.9. The summed E-state index contributed by atoms with van der Waals surface area (Å²) in [5.41, 5.74) is 17.4. The Morgan fingerprint density at radius 2 is 0.359 bits per heavy atom. The average Bonchev–Trinajstić information content (AvgIpc) is 1.19. The second-order valence-corrected chi connectivity index (χ2v) is 26.4. The Hall–Kier alpha value is -5.93. The number of halogens is 1. The Labute approximate surface area is 617 Å². The van der Waals surface area contributed by atoms with Gasteiger partial charge in [-0.2, -0.15) is 0 Å². The van der Waals surface area contributed by atoms with Gasteiger partial charge in [0, 0.05) is 0 Å². The van der Waals surface area contributed by atoms with E-state index < -0.39 is 24.2 Å². The van der Waals surface area contributed by atoms with Gasteiger partial charge in [0.15, 0.2) is 0 Å². The van der Waals surface area contributed by atoms with E-state index in [9.17, 15) is 0 Å². The molecule has 0 radical (unpaired) electrons. The molecular formula is C80H79IMoN3O3P3Th. The molecule has 0 amide bonds. The van der Waals surface area contributed by atoms with Crippen LogP contribution < -0.4 is 55.8 Å². The molecule has 0 saturated heterocycles. The van der Waals surface area contributed by atoms with E-state index in [2.05, 4.69) is 339 Å². The Morgan fingerprint density at radius 3 is 0.478 bits per heavy atom. The van der Waals surface area contributed by atoms with Crippen molar-refractivity contribution >= 4 is 73.1 Å². The third kappa shape index (κ3) is 28.7. The maximum atomic E-state index is 7.50. The van der Waals surface area contributed by atoms with Crippen molar-refractivity contribution in [3.05, 3.63) is 375 Å². The molecule has 0 heterocycles. The molecule has 0 unspecified atom stereocenters. The minimum Gasteiger partial charge on any atom is -1.00 e. The summed E-state index contributed by atoms with van der Waals surface area (Å²) in [5, 5.41) is 23.3. The fourth-order valence-corrected chi connectivity index (χ4v) is 15.4. The van der Waals surface area contributed by atoms with Crippen molar-refractivity contribution in [1.29, 1.82) is 0 Å². The predicted octanol–water partition coefficient (Wildman–Crippen LogP) is 17.9. The van der Waals surface area contributed by atoms with Crippen molar-refractivity contribution in [2.45, 2.75) is 76.2 Å². The van der Waals surface area contributed by atoms with Crippen molar-refractivity contribution in [3.63, 3.8) is 0 Å². The maximum absolute atomic E-state index is 7.50. The molecule has 0 fully saturated rings. The number of nitrogens with zero attached hydrogens (tertiary/aromatic N) is 3. The van der Waals surface area contributed by atoms with Gasteiger partial charge in [-0.1, -0.05) is 340 Å². The molecule has 0 saturated carbocycles. The van der Waals surface area contributed by atoms with Crippen LogP contribution in [0.5, 0.6) is 0 Å². The fourth-order valence-electron chi connectivity index (χ4n) is 9.57. The van der Waals surface area contributed by atoms with Crippen molar-refractivity contribution in [3.8, 4) is 0 Å². The van der Waals surface area contributed by atoms with Gasteiger partial charge in [0.1, 0.15) is 0 Å². The van der Waals surface area contributed by atoms with Crippen molar-refractivity contribution in [2.75, 3.05) is 0 Å². The standard InChI is InChI=1S/3C21H21NP.2C7H8.3CO.HI.Mo.Th/c3*1-16-14-17(2)21(18(3)15-16)22-23(19-10-6-4-7-11-19)20-12-8-5-9-13-20;2*1-7-5-3-2-4-6-7;3*1-2;;;/h3*4-15H,1-3H3;2*2-6H,1H3;;;;1H;;/q3*-1;;;;;;;2*+2/p-1. The van der Waals surface area contributed by atoms with E-state index in [0.29, 0.717) is 0 Å². The Kier molecular flexibility index (Phi) is 43.8. The summed E-state index contributed by atoms with van der Waals surface area (Å²) in [5.74, 6) is 0. The van der Waals surface area contributed by atoms with Crippen LogP contribution in [0, 0.1) is 136 Å². The van der Waals surface area contributed by atoms with Crippen LogP contribution >= 0.6 is 24.2 Å². The molecule has 11 rings (SSSR count). The molecule has 0 aliphatic rings. The Bertz CT molecular complexity index is 3270. The average molecular weight is 1680 g/mol. The van der Waals surface area contributed by atoms with Crippen LogP contribution in [0.1, 0.15) is 61.2 Å². The van der Waals surface area contributed by atoms with Gasteiger partial charge in [-0.05, 0) is 108 Å². The number of hydrogen-bond acceptors (Lipinski definition) is 0. The quantitative estimate of drug-likeness (QED) is 0.0382. The number of aryl methyl sites for hydroxylation is 11. The molecule has 0 N–H and O–H groups in total. The van der Waals surface area contributed by atoms with Crippen LogP contribution in [0.4, 0.5) is 17.1 Å². The molecule has 0 aromatic heterocycles. The van der Waals surface area contributed by atoms with Gasteiger partial charge >= 0.3 is 94.9 Å². The van der Waals surface area contributed by atoms with Crippen LogP contribution in [-0.4, -0.2) is 0 Å². The van der Waals surface area contributed by atoms with Gasteiger partial charge in [0.05, 0.1) is 0 Å². The third-order valence-corrected chi connectivity index (χ3v) is 19.3. The van der Waals surface area contributed by atoms with Crippen molar-refractivity contribution in [1.82, 2.24) is 0 Å². The number of hydrogen-bond donors (Lipinski definition) is 0. The monoisotopic (exact) mass is 1680 g/mol. The summed E-state index contributed by atoms with van der Waals surface area (Å²) in [4.78, 5) is 0. The van der Waals surface area contributed by atoms with E-state index in [-0.39, 0.29) is 85.0 Å². The van der Waals surface area contributed by atoms with Gasteiger partial charge in [0.2, 0.25) is 0 Å². The van der Waals surface area contributed by atoms with Crippen LogP contribution in [0.3, 0.4) is 0 Å². The second-order valence-electron chi connectivity index (χ2n) is 20.8. The predicted molar refractivity (Wildman–Crippen MR) is 382 cm³/mol. The second kappa shape index (κ2) is 47.9. The molecule has 0 aliphatic carbocycles. The molecular weight excluding hydrogens is 1600 g/mol. The van der Waals surface area contributed by atoms with Crippen LogP contribution in [0.25, 0.3) is 15.3 Å². The molecule has 0 spiro atoms. The first kappa shape index (κ1) is 84.1. The largest absolute Gasteiger partial charge is 2.00 e. The van der Waals surface area contributed by atoms with Crippen LogP contribution in [0.2, 0.25) is 0 Å². The molecule has 0 bridgehead atoms. The van der Waals surface area contributed by atoms with Gasteiger partial charge in [0.25, 0.3) is 0 Å². The SMILES string of the molecule is Cc1cc(C)c([N-]P(c2ccccc2)c2ccccc2)c(C)c1.Cc1cc(C)c([N-]P(c2ccccc2)c2ccccc2)c(C)c1.Cc1cc(C)c([N-]P(c2ccccc2)c2ccccc2)c(C)c1.Cc1ccccc1.Cc1ccccc1.[C-]#[O+].[C-]#[O+].[C-]#[O+].[I-].[Mo+2].[Th+2]. The summed E-state index contributed by atoms with van der Waals surface area (Å²) in [6, 6.07) is 97.5. The van der Waals surface area contributed by atoms with Gasteiger partial charge in [-0.25, -0.2) is 0 Å². The van der Waals surface area contributed by atoms with Crippen LogP contribution in [-0.2, 0) is 35.0 Å². The molecule has 11 aromatic carbocycles. The van der Waals surface area contributed by atoms with Gasteiger partial charge in [-0.3, -0.25) is 0 Å². The first-order valence-corrected chi connectivity index (χ1v) is 32.9. The molecule has 12 heteroatoms. The first-order chi connectivity index (χ1) is 43.2. The maximum Gasteiger partial charge on any atom is 2.00 e. The minimum absolute atomic E-state index is 0. The molecule has 6 nitrogen and oxygen atoms in total. The Balaban J connectivity index is 0.000000591. The Morgan fingerprint density at radius 1 is 0.228 bits per heavy atom. The topological polar surface area (TPSA) is 102 Å². The number of rotatable bonds is 12. The summed E-state index contributed by atoms with van der Waals surface area (Å²) >= 11 is 0. The normalized spacial score (nSPS) is 9.48. The third-order valence-electron chi connectivity index (χ3n) is 13.4. The van der Waals surface area contributed by atoms with Gasteiger partial charge in [-0.15, -0.1) is 41.3 Å². The van der Waals surface area contributed by atoms with Gasteiger partial charge < -0.3 is 39.2 Å². The van der Waals surface area contributed by atoms with E-state index in [1.54, 1.807) is 0 Å². The zero-order valence-corrected chi connectivity index (χ0v) is 65.2. The van der Waals surface area contributed by atoms with E-state index >= 15 is 0 Å². The van der Waals surface area contributed by atoms with E-state index in [4.69, 9.17) is 29.2 Å². The van der Waals surface area contributed by atoms with E-state index in [0.717, 1.165) is 17.1 Å². The minimum atomic E-state index is -0.744. The van der Waals surface area contributed by atoms with E-state index in [1.165, 1.54) is 93.0 Å². The van der Waals surface area contributed by atoms with Crippen molar-refractivity contribution < 1.29 is 98.9 Å². The molecule has 11 aromatic rings. The molecule has 92 heavy (non-hydrogen) atoms. The fraction of sp³-hybridized carbons (Fsp3) is 0.138. The summed E-state index contributed by atoms with van der Waals surface area (Å²) in [6.45, 7) is 37.0. The first-order valence-electron chi connectivity index (χ1n) is 29.0.